The Balaban J connectivity index is 1.21. The molecule has 6 aromatic carbocycles. The van der Waals surface area contributed by atoms with Gasteiger partial charge in [0.05, 0.1) is 5.69 Å². The predicted octanol–water partition coefficient (Wildman–Crippen LogP) is 19.0. The average molecular weight is 1040 g/mol. The van der Waals surface area contributed by atoms with Crippen molar-refractivity contribution in [1.29, 1.82) is 0 Å². The van der Waals surface area contributed by atoms with Crippen molar-refractivity contribution in [2.75, 3.05) is 9.80 Å². The zero-order valence-corrected chi connectivity index (χ0v) is 51.4. The van der Waals surface area contributed by atoms with Crippen molar-refractivity contribution in [3.8, 4) is 11.1 Å². The molecule has 0 atom stereocenters. The van der Waals surface area contributed by atoms with Crippen LogP contribution in [0.1, 0.15) is 223 Å². The summed E-state index contributed by atoms with van der Waals surface area (Å²) in [6.07, 6.45) is 9.50. The second kappa shape index (κ2) is 16.1. The van der Waals surface area contributed by atoms with Gasteiger partial charge in [-0.15, -0.1) is 11.3 Å². The lowest BCUT2D eigenvalue weighted by molar-refractivity contribution is 0.332. The Morgan fingerprint density at radius 1 is 0.390 bits per heavy atom. The Morgan fingerprint density at radius 3 is 1.26 bits per heavy atom. The first-order valence-corrected chi connectivity index (χ1v) is 30.6. The van der Waals surface area contributed by atoms with Crippen LogP contribution in [0.15, 0.2) is 84.9 Å². The number of hydrogen-bond acceptors (Lipinski definition) is 3. The Kier molecular flexibility index (Phi) is 10.7. The van der Waals surface area contributed by atoms with E-state index in [1.165, 1.54) is 178 Å². The molecule has 13 rings (SSSR count). The number of benzene rings is 6. The van der Waals surface area contributed by atoms with Crippen LogP contribution in [0, 0.1) is 20.8 Å². The summed E-state index contributed by atoms with van der Waals surface area (Å²) in [7, 11) is 0. The molecule has 0 spiro atoms. The summed E-state index contributed by atoms with van der Waals surface area (Å²) in [6, 6.07) is 36.4. The van der Waals surface area contributed by atoms with Crippen molar-refractivity contribution < 1.29 is 0 Å². The molecular weight excluding hydrogens is 948 g/mol. The van der Waals surface area contributed by atoms with Crippen LogP contribution in [-0.4, -0.2) is 6.71 Å². The number of aryl methyl sites for hydroxylation is 3. The first kappa shape index (κ1) is 51.4. The van der Waals surface area contributed by atoms with Crippen LogP contribution in [0.2, 0.25) is 0 Å². The smallest absolute Gasteiger partial charge is 0.264 e. The molecule has 3 heterocycles. The van der Waals surface area contributed by atoms with Gasteiger partial charge < -0.3 is 9.80 Å². The molecule has 4 aliphatic carbocycles. The molecule has 0 radical (unpaired) electrons. The molecule has 398 valence electrons. The highest BCUT2D eigenvalue weighted by molar-refractivity contribution is 7.33. The highest BCUT2D eigenvalue weighted by atomic mass is 32.1. The molecule has 77 heavy (non-hydrogen) atoms. The molecule has 0 amide bonds. The van der Waals surface area contributed by atoms with Crippen LogP contribution in [0.5, 0.6) is 0 Å². The van der Waals surface area contributed by atoms with E-state index in [0.717, 1.165) is 0 Å². The predicted molar refractivity (Wildman–Crippen MR) is 337 cm³/mol. The molecule has 0 saturated heterocycles. The first-order valence-electron chi connectivity index (χ1n) is 29.8. The summed E-state index contributed by atoms with van der Waals surface area (Å²) >= 11 is 2.10. The Labute approximate surface area is 468 Å². The fourth-order valence-electron chi connectivity index (χ4n) is 16.4. The third-order valence-electron chi connectivity index (χ3n) is 21.8. The van der Waals surface area contributed by atoms with Crippen molar-refractivity contribution in [3.05, 3.63) is 146 Å². The highest BCUT2D eigenvalue weighted by Gasteiger charge is 2.50. The lowest BCUT2D eigenvalue weighted by Crippen LogP contribution is -2.61. The topological polar surface area (TPSA) is 6.48 Å². The van der Waals surface area contributed by atoms with E-state index in [1.54, 1.807) is 5.56 Å². The van der Waals surface area contributed by atoms with E-state index < -0.39 is 0 Å². The molecular formula is C73H87BN2S. The lowest BCUT2D eigenvalue weighted by atomic mass is 9.35. The van der Waals surface area contributed by atoms with Gasteiger partial charge in [0, 0.05) is 43.3 Å². The molecule has 2 nitrogen and oxygen atoms in total. The Morgan fingerprint density at radius 2 is 0.779 bits per heavy atom. The zero-order valence-electron chi connectivity index (χ0n) is 50.6. The number of hydrogen-bond donors (Lipinski definition) is 0. The fourth-order valence-corrected chi connectivity index (χ4v) is 17.7. The second-order valence-corrected chi connectivity index (χ2v) is 32.1. The number of thiophene rings is 1. The second-order valence-electron chi connectivity index (χ2n) is 31.0. The average Bonchev–Trinajstić information content (AvgIpc) is 4.03. The van der Waals surface area contributed by atoms with Crippen molar-refractivity contribution in [1.82, 2.24) is 0 Å². The maximum absolute atomic E-state index is 2.81. The van der Waals surface area contributed by atoms with Gasteiger partial charge in [-0.2, -0.15) is 0 Å². The van der Waals surface area contributed by atoms with Gasteiger partial charge in [0.15, 0.2) is 0 Å². The van der Waals surface area contributed by atoms with E-state index in [2.05, 4.69) is 238 Å². The van der Waals surface area contributed by atoms with E-state index in [0.29, 0.717) is 0 Å². The quantitative estimate of drug-likeness (QED) is 0.163. The van der Waals surface area contributed by atoms with Gasteiger partial charge in [0.2, 0.25) is 0 Å². The maximum Gasteiger partial charge on any atom is 0.264 e. The van der Waals surface area contributed by atoms with Gasteiger partial charge >= 0.3 is 0 Å². The van der Waals surface area contributed by atoms with Gasteiger partial charge in [0.25, 0.3) is 6.71 Å². The molecule has 1 aromatic heterocycles. The SMILES string of the molecule is Cc1cc(C)c(-c2cc3c4c(c2)N(c2ccc5c(c2)C(C)(C)CCC5(C)C)c2c(sc5cc6c(cc25)C(C)(C)CCC6(C)C)B4c2cc4c(cc2N3c2ccc3c(c2)C(C)(C)CCC3(C)C)C(C)(C)CCC4(C)C)c(C)c1. The summed E-state index contributed by atoms with van der Waals surface area (Å²) in [5, 5.41) is 1.41. The highest BCUT2D eigenvalue weighted by Crippen LogP contribution is 2.57. The Hall–Kier alpha value is -5.06. The molecule has 0 saturated carbocycles. The van der Waals surface area contributed by atoms with Gasteiger partial charge in [-0.25, -0.2) is 0 Å². The van der Waals surface area contributed by atoms with E-state index in [-0.39, 0.29) is 50.0 Å². The maximum atomic E-state index is 2.81. The summed E-state index contributed by atoms with van der Waals surface area (Å²) in [6.45, 7) is 47.0. The van der Waals surface area contributed by atoms with Crippen LogP contribution in [0.3, 0.4) is 0 Å². The number of nitrogens with zero attached hydrogens (tertiary/aromatic N) is 2. The van der Waals surface area contributed by atoms with Crippen LogP contribution < -0.4 is 25.5 Å². The number of anilines is 6. The molecule has 0 bridgehead atoms. The summed E-state index contributed by atoms with van der Waals surface area (Å²) < 4.78 is 2.91. The van der Waals surface area contributed by atoms with Crippen molar-refractivity contribution in [2.24, 2.45) is 0 Å². The third-order valence-corrected chi connectivity index (χ3v) is 23.0. The monoisotopic (exact) mass is 1030 g/mol. The normalized spacial score (nSPS) is 21.8. The fraction of sp³-hybridized carbons (Fsp3) is 0.479. The minimum absolute atomic E-state index is 0.0364. The minimum atomic E-state index is 0.0364. The molecule has 0 unspecified atom stereocenters. The summed E-state index contributed by atoms with van der Waals surface area (Å²) in [5.41, 5.74) is 30.3. The zero-order chi connectivity index (χ0) is 54.9. The van der Waals surface area contributed by atoms with E-state index in [9.17, 15) is 0 Å². The largest absolute Gasteiger partial charge is 0.311 e. The first-order chi connectivity index (χ1) is 35.8. The molecule has 2 aliphatic heterocycles. The van der Waals surface area contributed by atoms with Crippen LogP contribution >= 0.6 is 11.3 Å². The van der Waals surface area contributed by atoms with E-state index in [4.69, 9.17) is 0 Å². The Bertz CT molecular complexity index is 3690. The summed E-state index contributed by atoms with van der Waals surface area (Å²) in [4.78, 5) is 5.59. The van der Waals surface area contributed by atoms with Gasteiger partial charge in [-0.3, -0.25) is 0 Å². The molecule has 4 heteroatoms. The van der Waals surface area contributed by atoms with Gasteiger partial charge in [-0.05, 0) is 248 Å². The summed E-state index contributed by atoms with van der Waals surface area (Å²) in [5.74, 6) is 0. The standard InChI is InChI=1S/C73H87BN2S/c1-42-32-43(2)62(44(3)33-42)45-34-59-63-60(35-45)76(47-21-23-50-52(37-47)69(10,11)27-25-67(50,6)7)64-48-38-53-56(73(18,19)31-28-70(53,12)13)41-61(48)77-65(64)74(63)57-39-54-55(72(16,17)30-29-71(54,14)15)40-58(57)75(59)46-20-22-49-51(36-46)68(8,9)26-24-66(49,4)5/h20-23,32-41H,24-31H2,1-19H3. The molecule has 0 fully saturated rings. The lowest BCUT2D eigenvalue weighted by Gasteiger charge is -2.48. The number of fused-ring (bicyclic) bond motifs is 10. The van der Waals surface area contributed by atoms with E-state index >= 15 is 0 Å². The molecule has 6 aliphatic rings. The van der Waals surface area contributed by atoms with Crippen LogP contribution in [0.4, 0.5) is 34.1 Å². The van der Waals surface area contributed by atoms with Gasteiger partial charge in [0.1, 0.15) is 0 Å². The van der Waals surface area contributed by atoms with E-state index in [1.807, 2.05) is 0 Å². The van der Waals surface area contributed by atoms with Crippen molar-refractivity contribution in [3.63, 3.8) is 0 Å². The third kappa shape index (κ3) is 7.44. The van der Waals surface area contributed by atoms with Crippen molar-refractivity contribution in [2.45, 2.75) is 226 Å². The van der Waals surface area contributed by atoms with Gasteiger partial charge in [-0.1, -0.05) is 147 Å². The van der Waals surface area contributed by atoms with Crippen LogP contribution in [0.25, 0.3) is 21.2 Å². The minimum Gasteiger partial charge on any atom is -0.311 e. The van der Waals surface area contributed by atoms with Crippen LogP contribution in [-0.2, 0) is 43.3 Å². The molecule has 0 N–H and O–H groups in total. The van der Waals surface area contributed by atoms with Crippen molar-refractivity contribution >= 4 is 78.0 Å². The number of rotatable bonds is 3. The molecule has 7 aromatic rings.